The molecule has 1 aliphatic carbocycles. The van der Waals surface area contributed by atoms with E-state index in [-0.39, 0.29) is 11.3 Å². The fourth-order valence-electron chi connectivity index (χ4n) is 2.58. The Bertz CT molecular complexity index is 442. The molecule has 0 saturated heterocycles. The minimum atomic E-state index is -0.187. The van der Waals surface area contributed by atoms with Crippen molar-refractivity contribution in [3.05, 3.63) is 29.8 Å². The second-order valence-electron chi connectivity index (χ2n) is 5.20. The molecule has 4 heteroatoms. The molecule has 1 amide bonds. The van der Waals surface area contributed by atoms with Crippen molar-refractivity contribution in [2.75, 3.05) is 20.7 Å². The number of benzene rings is 1. The van der Waals surface area contributed by atoms with Gasteiger partial charge in [0.05, 0.1) is 12.5 Å². The third-order valence-electron chi connectivity index (χ3n) is 3.89. The van der Waals surface area contributed by atoms with E-state index in [4.69, 9.17) is 4.74 Å². The van der Waals surface area contributed by atoms with Gasteiger partial charge in [-0.3, -0.25) is 4.79 Å². The first-order valence-electron chi connectivity index (χ1n) is 6.76. The Morgan fingerprint density at radius 1 is 1.42 bits per heavy atom. The van der Waals surface area contributed by atoms with Crippen molar-refractivity contribution in [3.63, 3.8) is 0 Å². The van der Waals surface area contributed by atoms with Gasteiger partial charge in [-0.1, -0.05) is 18.6 Å². The minimum absolute atomic E-state index is 0.163. The first-order chi connectivity index (χ1) is 9.20. The van der Waals surface area contributed by atoms with Crippen LogP contribution in [-0.4, -0.2) is 26.6 Å². The van der Waals surface area contributed by atoms with Crippen LogP contribution in [0, 0.1) is 5.41 Å². The molecule has 1 aromatic carbocycles. The van der Waals surface area contributed by atoms with E-state index >= 15 is 0 Å². The van der Waals surface area contributed by atoms with Crippen LogP contribution in [0.15, 0.2) is 24.3 Å². The molecule has 2 N–H and O–H groups in total. The summed E-state index contributed by atoms with van der Waals surface area (Å²) in [6.45, 7) is 1.32. The van der Waals surface area contributed by atoms with Crippen molar-refractivity contribution in [1.29, 1.82) is 0 Å². The lowest BCUT2D eigenvalue weighted by atomic mass is 9.68. The van der Waals surface area contributed by atoms with Crippen LogP contribution < -0.4 is 15.4 Å². The van der Waals surface area contributed by atoms with E-state index < -0.39 is 0 Å². The zero-order chi connectivity index (χ0) is 13.7. The largest absolute Gasteiger partial charge is 0.497 e. The van der Waals surface area contributed by atoms with Crippen LogP contribution in [0.4, 0.5) is 0 Å². The van der Waals surface area contributed by atoms with E-state index in [1.165, 1.54) is 0 Å². The lowest BCUT2D eigenvalue weighted by Gasteiger charge is -2.40. The zero-order valence-electron chi connectivity index (χ0n) is 11.7. The number of carbonyl (C=O) groups excluding carboxylic acids is 1. The maximum atomic E-state index is 12.3. The monoisotopic (exact) mass is 262 g/mol. The molecule has 1 aromatic rings. The van der Waals surface area contributed by atoms with Crippen molar-refractivity contribution in [2.45, 2.75) is 25.8 Å². The highest BCUT2D eigenvalue weighted by molar-refractivity contribution is 5.83. The number of hydrogen-bond acceptors (Lipinski definition) is 3. The van der Waals surface area contributed by atoms with Gasteiger partial charge in [-0.05, 0) is 37.6 Å². The molecule has 1 fully saturated rings. The van der Waals surface area contributed by atoms with Crippen molar-refractivity contribution >= 4 is 5.91 Å². The molecule has 0 atom stereocenters. The molecule has 0 aromatic heterocycles. The topological polar surface area (TPSA) is 50.4 Å². The Morgan fingerprint density at radius 3 is 2.79 bits per heavy atom. The fraction of sp³-hybridized carbons (Fsp3) is 0.533. The zero-order valence-corrected chi connectivity index (χ0v) is 11.7. The number of ether oxygens (including phenoxy) is 1. The first kappa shape index (κ1) is 13.9. The van der Waals surface area contributed by atoms with Gasteiger partial charge in [0, 0.05) is 13.1 Å². The van der Waals surface area contributed by atoms with E-state index in [2.05, 4.69) is 10.6 Å². The summed E-state index contributed by atoms with van der Waals surface area (Å²) in [7, 11) is 3.55. The highest BCUT2D eigenvalue weighted by Gasteiger charge is 2.43. The van der Waals surface area contributed by atoms with Crippen molar-refractivity contribution in [1.82, 2.24) is 10.6 Å². The highest BCUT2D eigenvalue weighted by atomic mass is 16.5. The average Bonchev–Trinajstić information content (AvgIpc) is 2.40. The molecule has 0 unspecified atom stereocenters. The van der Waals surface area contributed by atoms with Gasteiger partial charge in [0.2, 0.25) is 5.91 Å². The molecule has 4 nitrogen and oxygen atoms in total. The maximum Gasteiger partial charge on any atom is 0.227 e. The number of carbonyl (C=O) groups is 1. The van der Waals surface area contributed by atoms with Crippen LogP contribution in [0.5, 0.6) is 5.75 Å². The first-order valence-corrected chi connectivity index (χ1v) is 6.76. The van der Waals surface area contributed by atoms with Gasteiger partial charge < -0.3 is 15.4 Å². The van der Waals surface area contributed by atoms with Gasteiger partial charge in [0.15, 0.2) is 0 Å². The molecular weight excluding hydrogens is 240 g/mol. The maximum absolute atomic E-state index is 12.3. The summed E-state index contributed by atoms with van der Waals surface area (Å²) in [4.78, 5) is 12.3. The van der Waals surface area contributed by atoms with E-state index in [0.29, 0.717) is 6.54 Å². The second-order valence-corrected chi connectivity index (χ2v) is 5.20. The van der Waals surface area contributed by atoms with Gasteiger partial charge in [-0.15, -0.1) is 0 Å². The Balaban J connectivity index is 1.92. The molecule has 0 spiro atoms. The Morgan fingerprint density at radius 2 is 2.21 bits per heavy atom. The number of hydrogen-bond donors (Lipinski definition) is 2. The molecule has 0 bridgehead atoms. The number of rotatable bonds is 6. The average molecular weight is 262 g/mol. The number of methoxy groups -OCH3 is 1. The lowest BCUT2D eigenvalue weighted by molar-refractivity contribution is -0.135. The van der Waals surface area contributed by atoms with Gasteiger partial charge in [-0.25, -0.2) is 0 Å². The van der Waals surface area contributed by atoms with Crippen LogP contribution in [0.2, 0.25) is 0 Å². The summed E-state index contributed by atoms with van der Waals surface area (Å²) in [5.41, 5.74) is 0.875. The molecule has 1 saturated carbocycles. The predicted molar refractivity (Wildman–Crippen MR) is 75.1 cm³/mol. The van der Waals surface area contributed by atoms with Gasteiger partial charge >= 0.3 is 0 Å². The summed E-state index contributed by atoms with van der Waals surface area (Å²) in [6.07, 6.45) is 3.11. The van der Waals surface area contributed by atoms with E-state index in [1.54, 1.807) is 7.11 Å². The van der Waals surface area contributed by atoms with Crippen LogP contribution in [0.25, 0.3) is 0 Å². The molecular formula is C15H22N2O2. The minimum Gasteiger partial charge on any atom is -0.497 e. The van der Waals surface area contributed by atoms with E-state index in [0.717, 1.165) is 37.1 Å². The summed E-state index contributed by atoms with van der Waals surface area (Å²) in [5.74, 6) is 0.983. The summed E-state index contributed by atoms with van der Waals surface area (Å²) in [6, 6.07) is 7.78. The smallest absolute Gasteiger partial charge is 0.227 e. The molecule has 0 aliphatic heterocycles. The predicted octanol–water partition coefficient (Wildman–Crippen LogP) is 1.70. The SMILES string of the molecule is CNCC1(C(=O)NCc2cccc(OC)c2)CCC1. The van der Waals surface area contributed by atoms with Crippen molar-refractivity contribution in [3.8, 4) is 5.75 Å². The van der Waals surface area contributed by atoms with Crippen LogP contribution in [-0.2, 0) is 11.3 Å². The van der Waals surface area contributed by atoms with Gasteiger partial charge in [-0.2, -0.15) is 0 Å². The molecule has 0 radical (unpaired) electrons. The van der Waals surface area contributed by atoms with E-state index in [9.17, 15) is 4.79 Å². The Labute approximate surface area is 114 Å². The Hall–Kier alpha value is -1.55. The molecule has 1 aliphatic rings. The fourth-order valence-corrected chi connectivity index (χ4v) is 2.58. The van der Waals surface area contributed by atoms with Crippen LogP contribution >= 0.6 is 0 Å². The highest BCUT2D eigenvalue weighted by Crippen LogP contribution is 2.40. The standard InChI is InChI=1S/C15H22N2O2/c1-16-11-15(7-4-8-15)14(18)17-10-12-5-3-6-13(9-12)19-2/h3,5-6,9,16H,4,7-8,10-11H2,1-2H3,(H,17,18). The summed E-state index contributed by atoms with van der Waals surface area (Å²) >= 11 is 0. The lowest BCUT2D eigenvalue weighted by Crippen LogP contribution is -2.50. The van der Waals surface area contributed by atoms with Crippen LogP contribution in [0.1, 0.15) is 24.8 Å². The van der Waals surface area contributed by atoms with Gasteiger partial charge in [0.25, 0.3) is 0 Å². The molecule has 19 heavy (non-hydrogen) atoms. The second kappa shape index (κ2) is 6.06. The van der Waals surface area contributed by atoms with Gasteiger partial charge in [0.1, 0.15) is 5.75 Å². The normalized spacial score (nSPS) is 16.5. The van der Waals surface area contributed by atoms with Crippen molar-refractivity contribution < 1.29 is 9.53 Å². The molecule has 104 valence electrons. The quantitative estimate of drug-likeness (QED) is 0.820. The Kier molecular flexibility index (Phi) is 4.43. The molecule has 0 heterocycles. The number of nitrogens with one attached hydrogen (secondary N) is 2. The molecule has 2 rings (SSSR count). The third kappa shape index (κ3) is 3.07. The van der Waals surface area contributed by atoms with Crippen LogP contribution in [0.3, 0.4) is 0 Å². The third-order valence-corrected chi connectivity index (χ3v) is 3.89. The van der Waals surface area contributed by atoms with E-state index in [1.807, 2.05) is 31.3 Å². The summed E-state index contributed by atoms with van der Waals surface area (Å²) < 4.78 is 5.18. The summed E-state index contributed by atoms with van der Waals surface area (Å²) in [5, 5.41) is 6.17. The number of amides is 1. The van der Waals surface area contributed by atoms with Crippen molar-refractivity contribution in [2.24, 2.45) is 5.41 Å².